The van der Waals surface area contributed by atoms with Gasteiger partial charge in [0.25, 0.3) is 0 Å². The van der Waals surface area contributed by atoms with Crippen LogP contribution in [0.1, 0.15) is 30.0 Å². The lowest BCUT2D eigenvalue weighted by molar-refractivity contribution is -0.140. The van der Waals surface area contributed by atoms with Gasteiger partial charge >= 0.3 is 5.97 Å². The zero-order valence-electron chi connectivity index (χ0n) is 11.5. The van der Waals surface area contributed by atoms with Crippen molar-refractivity contribution in [1.29, 1.82) is 0 Å². The number of thioether (sulfide) groups is 1. The van der Waals surface area contributed by atoms with E-state index in [-0.39, 0.29) is 5.91 Å². The largest absolute Gasteiger partial charge is 0.480 e. The van der Waals surface area contributed by atoms with Crippen molar-refractivity contribution in [1.82, 2.24) is 5.32 Å². The third-order valence-corrected chi connectivity index (χ3v) is 4.50. The molecule has 1 amide bonds. The van der Waals surface area contributed by atoms with Crippen LogP contribution < -0.4 is 5.32 Å². The molecular formula is C15H19NO3S. The molecule has 2 rings (SSSR count). The average Bonchev–Trinajstić information content (AvgIpc) is 2.84. The molecule has 0 saturated heterocycles. The van der Waals surface area contributed by atoms with Gasteiger partial charge < -0.3 is 10.4 Å². The number of carboxylic acids is 1. The van der Waals surface area contributed by atoms with Crippen LogP contribution in [0.2, 0.25) is 0 Å². The molecule has 1 aliphatic rings. The Morgan fingerprint density at radius 1 is 1.35 bits per heavy atom. The van der Waals surface area contributed by atoms with Gasteiger partial charge in [0.1, 0.15) is 6.04 Å². The molecule has 1 aromatic rings. The molecule has 0 heterocycles. The molecule has 108 valence electrons. The number of nitrogens with one attached hydrogen (secondary N) is 1. The molecule has 20 heavy (non-hydrogen) atoms. The molecular weight excluding hydrogens is 274 g/mol. The SMILES string of the molecule is CC(=O)NC(CSCc1ccc2c(c1)CCC2)C(=O)O. The van der Waals surface area contributed by atoms with Gasteiger partial charge in [0.2, 0.25) is 5.91 Å². The zero-order chi connectivity index (χ0) is 14.5. The Morgan fingerprint density at radius 2 is 2.10 bits per heavy atom. The number of aryl methyl sites for hydroxylation is 2. The van der Waals surface area contributed by atoms with Gasteiger partial charge in [-0.3, -0.25) is 4.79 Å². The molecule has 1 aromatic carbocycles. The highest BCUT2D eigenvalue weighted by atomic mass is 32.2. The number of rotatable bonds is 6. The molecule has 0 saturated carbocycles. The molecule has 0 bridgehead atoms. The molecule has 0 radical (unpaired) electrons. The molecule has 4 nitrogen and oxygen atoms in total. The fraction of sp³-hybridized carbons (Fsp3) is 0.467. The Balaban J connectivity index is 1.85. The maximum absolute atomic E-state index is 11.0. The second kappa shape index (κ2) is 6.79. The van der Waals surface area contributed by atoms with Gasteiger partial charge in [0, 0.05) is 18.4 Å². The van der Waals surface area contributed by atoms with Gasteiger partial charge in [-0.1, -0.05) is 18.2 Å². The maximum atomic E-state index is 11.0. The Kier molecular flexibility index (Phi) is 5.06. The number of carbonyl (C=O) groups excluding carboxylic acids is 1. The first-order valence-corrected chi connectivity index (χ1v) is 7.90. The summed E-state index contributed by atoms with van der Waals surface area (Å²) in [6.07, 6.45) is 3.55. The second-order valence-electron chi connectivity index (χ2n) is 5.06. The Morgan fingerprint density at radius 3 is 2.80 bits per heavy atom. The van der Waals surface area contributed by atoms with Gasteiger partial charge in [0.15, 0.2) is 0 Å². The summed E-state index contributed by atoms with van der Waals surface area (Å²) < 4.78 is 0. The van der Waals surface area contributed by atoms with Crippen molar-refractivity contribution in [2.75, 3.05) is 5.75 Å². The molecule has 0 spiro atoms. The van der Waals surface area contributed by atoms with Crippen LogP contribution in [0.25, 0.3) is 0 Å². The quantitative estimate of drug-likeness (QED) is 0.842. The third kappa shape index (κ3) is 4.00. The highest BCUT2D eigenvalue weighted by Crippen LogP contribution is 2.24. The van der Waals surface area contributed by atoms with E-state index < -0.39 is 12.0 Å². The predicted octanol–water partition coefficient (Wildman–Crippen LogP) is 2.00. The lowest BCUT2D eigenvalue weighted by Crippen LogP contribution is -2.41. The van der Waals surface area contributed by atoms with E-state index in [1.54, 1.807) is 0 Å². The number of carbonyl (C=O) groups is 2. The predicted molar refractivity (Wildman–Crippen MR) is 79.9 cm³/mol. The van der Waals surface area contributed by atoms with Gasteiger partial charge in [-0.2, -0.15) is 11.8 Å². The second-order valence-corrected chi connectivity index (χ2v) is 6.09. The van der Waals surface area contributed by atoms with Crippen LogP contribution >= 0.6 is 11.8 Å². The van der Waals surface area contributed by atoms with Crippen LogP contribution in [0.3, 0.4) is 0 Å². The number of carboxylic acid groups (broad SMARTS) is 1. The Bertz CT molecular complexity index is 516. The first kappa shape index (κ1) is 14.9. The topological polar surface area (TPSA) is 66.4 Å². The lowest BCUT2D eigenvalue weighted by Gasteiger charge is -2.13. The summed E-state index contributed by atoms with van der Waals surface area (Å²) in [7, 11) is 0. The monoisotopic (exact) mass is 293 g/mol. The average molecular weight is 293 g/mol. The minimum Gasteiger partial charge on any atom is -0.480 e. The summed E-state index contributed by atoms with van der Waals surface area (Å²) in [5, 5.41) is 11.5. The number of hydrogen-bond donors (Lipinski definition) is 2. The van der Waals surface area contributed by atoms with E-state index in [1.807, 2.05) is 0 Å². The van der Waals surface area contributed by atoms with Gasteiger partial charge in [-0.15, -0.1) is 0 Å². The van der Waals surface area contributed by atoms with E-state index in [4.69, 9.17) is 5.11 Å². The van der Waals surface area contributed by atoms with Crippen molar-refractivity contribution in [3.63, 3.8) is 0 Å². The van der Waals surface area contributed by atoms with E-state index >= 15 is 0 Å². The summed E-state index contributed by atoms with van der Waals surface area (Å²) in [5.41, 5.74) is 4.10. The first-order chi connectivity index (χ1) is 9.56. The van der Waals surface area contributed by atoms with E-state index in [2.05, 4.69) is 23.5 Å². The van der Waals surface area contributed by atoms with Crippen molar-refractivity contribution < 1.29 is 14.7 Å². The minimum atomic E-state index is -0.985. The first-order valence-electron chi connectivity index (χ1n) is 6.74. The van der Waals surface area contributed by atoms with Crippen LogP contribution in [0.5, 0.6) is 0 Å². The van der Waals surface area contributed by atoms with Crippen molar-refractivity contribution in [3.05, 3.63) is 34.9 Å². The van der Waals surface area contributed by atoms with Crippen molar-refractivity contribution in [2.24, 2.45) is 0 Å². The van der Waals surface area contributed by atoms with Crippen molar-refractivity contribution in [3.8, 4) is 0 Å². The summed E-state index contributed by atoms with van der Waals surface area (Å²) in [6.45, 7) is 1.33. The summed E-state index contributed by atoms with van der Waals surface area (Å²) in [4.78, 5) is 21.9. The van der Waals surface area contributed by atoms with E-state index in [0.29, 0.717) is 5.75 Å². The van der Waals surface area contributed by atoms with E-state index in [1.165, 1.54) is 48.2 Å². The van der Waals surface area contributed by atoms with Crippen LogP contribution in [-0.4, -0.2) is 28.8 Å². The lowest BCUT2D eigenvalue weighted by atomic mass is 10.1. The Hall–Kier alpha value is -1.49. The molecule has 0 fully saturated rings. The standard InChI is InChI=1S/C15H19NO3S/c1-10(17)16-14(15(18)19)9-20-8-11-5-6-12-3-2-4-13(12)7-11/h5-7,14H,2-4,8-9H2,1H3,(H,16,17)(H,18,19). The van der Waals surface area contributed by atoms with Crippen molar-refractivity contribution >= 4 is 23.6 Å². The van der Waals surface area contributed by atoms with Gasteiger partial charge in [0.05, 0.1) is 0 Å². The molecule has 1 aliphatic carbocycles. The van der Waals surface area contributed by atoms with Crippen LogP contribution in [-0.2, 0) is 28.2 Å². The molecule has 5 heteroatoms. The van der Waals surface area contributed by atoms with Crippen LogP contribution in [0.4, 0.5) is 0 Å². The normalized spacial score (nSPS) is 14.7. The summed E-state index contributed by atoms with van der Waals surface area (Å²) in [6, 6.07) is 5.71. The number of aliphatic carboxylic acids is 1. The molecule has 0 aliphatic heterocycles. The number of hydrogen-bond acceptors (Lipinski definition) is 3. The maximum Gasteiger partial charge on any atom is 0.327 e. The highest BCUT2D eigenvalue weighted by Gasteiger charge is 2.18. The molecule has 1 atom stereocenters. The zero-order valence-corrected chi connectivity index (χ0v) is 12.3. The molecule has 1 unspecified atom stereocenters. The van der Waals surface area contributed by atoms with Crippen LogP contribution in [0, 0.1) is 0 Å². The minimum absolute atomic E-state index is 0.310. The van der Waals surface area contributed by atoms with Gasteiger partial charge in [-0.05, 0) is 36.0 Å². The molecule has 2 N–H and O–H groups in total. The van der Waals surface area contributed by atoms with Crippen molar-refractivity contribution in [2.45, 2.75) is 38.0 Å². The summed E-state index contributed by atoms with van der Waals surface area (Å²) in [5.74, 6) is -0.139. The smallest absolute Gasteiger partial charge is 0.327 e. The number of benzene rings is 1. The van der Waals surface area contributed by atoms with E-state index in [9.17, 15) is 9.59 Å². The van der Waals surface area contributed by atoms with Gasteiger partial charge in [-0.25, -0.2) is 4.79 Å². The highest BCUT2D eigenvalue weighted by molar-refractivity contribution is 7.98. The Labute approximate surface area is 123 Å². The third-order valence-electron chi connectivity index (χ3n) is 3.39. The number of amides is 1. The van der Waals surface area contributed by atoms with Crippen LogP contribution in [0.15, 0.2) is 18.2 Å². The van der Waals surface area contributed by atoms with E-state index in [0.717, 1.165) is 12.2 Å². The fourth-order valence-corrected chi connectivity index (χ4v) is 3.42. The summed E-state index contributed by atoms with van der Waals surface area (Å²) >= 11 is 1.53. The molecule has 0 aromatic heterocycles. The fourth-order valence-electron chi connectivity index (χ4n) is 2.43. The number of fused-ring (bicyclic) bond motifs is 1.